The molecule has 1 aliphatic rings. The molecule has 1 aromatic rings. The zero-order valence-electron chi connectivity index (χ0n) is 11.9. The van der Waals surface area contributed by atoms with Crippen LogP contribution in [0, 0.1) is 5.82 Å². The Morgan fingerprint density at radius 3 is 3.15 bits per heavy atom. The third-order valence-electron chi connectivity index (χ3n) is 3.54. The molecule has 0 aromatic heterocycles. The van der Waals surface area contributed by atoms with Crippen LogP contribution in [0.15, 0.2) is 18.2 Å². The summed E-state index contributed by atoms with van der Waals surface area (Å²) in [6.07, 6.45) is 1.11. The number of nitrogens with one attached hydrogen (secondary N) is 1. The van der Waals surface area contributed by atoms with E-state index in [0.29, 0.717) is 30.3 Å². The molecule has 1 unspecified atom stereocenters. The summed E-state index contributed by atoms with van der Waals surface area (Å²) < 4.78 is 19.4. The molecule has 0 bridgehead atoms. The van der Waals surface area contributed by atoms with E-state index in [1.54, 1.807) is 12.1 Å². The average Bonchev–Trinajstić information content (AvgIpc) is 2.45. The highest BCUT2D eigenvalue weighted by Gasteiger charge is 2.23. The second-order valence-corrected chi connectivity index (χ2v) is 5.58. The zero-order valence-corrected chi connectivity index (χ0v) is 12.6. The molecule has 0 aliphatic carbocycles. The van der Waals surface area contributed by atoms with Gasteiger partial charge in [-0.05, 0) is 31.2 Å². The molecule has 1 fully saturated rings. The van der Waals surface area contributed by atoms with Gasteiger partial charge >= 0.3 is 0 Å². The van der Waals surface area contributed by atoms with Gasteiger partial charge in [-0.2, -0.15) is 0 Å². The molecule has 0 amide bonds. The first kappa shape index (κ1) is 15.7. The van der Waals surface area contributed by atoms with Crippen molar-refractivity contribution in [3.05, 3.63) is 34.6 Å². The average molecular weight is 301 g/mol. The van der Waals surface area contributed by atoms with Crippen molar-refractivity contribution in [2.45, 2.75) is 25.9 Å². The van der Waals surface area contributed by atoms with E-state index in [2.05, 4.69) is 17.1 Å². The normalized spacial score (nSPS) is 20.2. The molecule has 1 aliphatic heterocycles. The van der Waals surface area contributed by atoms with E-state index < -0.39 is 0 Å². The first-order valence-corrected chi connectivity index (χ1v) is 7.55. The summed E-state index contributed by atoms with van der Waals surface area (Å²) in [6.45, 7) is 6.80. The smallest absolute Gasteiger partial charge is 0.127 e. The second kappa shape index (κ2) is 7.93. The molecular weight excluding hydrogens is 279 g/mol. The zero-order chi connectivity index (χ0) is 14.4. The molecular formula is C15H22ClFN2O. The number of hydrogen-bond acceptors (Lipinski definition) is 3. The number of hydrogen-bond donors (Lipinski definition) is 1. The maximum atomic E-state index is 13.8. The van der Waals surface area contributed by atoms with Gasteiger partial charge in [0.2, 0.25) is 0 Å². The maximum Gasteiger partial charge on any atom is 0.127 e. The van der Waals surface area contributed by atoms with Crippen molar-refractivity contribution in [3.63, 3.8) is 0 Å². The Hall–Kier alpha value is -0.680. The lowest BCUT2D eigenvalue weighted by atomic mass is 10.1. The Morgan fingerprint density at radius 1 is 1.50 bits per heavy atom. The molecule has 1 N–H and O–H groups in total. The molecule has 1 heterocycles. The largest absolute Gasteiger partial charge is 0.378 e. The molecule has 20 heavy (non-hydrogen) atoms. The van der Waals surface area contributed by atoms with Crippen LogP contribution in [0.4, 0.5) is 4.39 Å². The van der Waals surface area contributed by atoms with E-state index >= 15 is 0 Å². The molecule has 5 heteroatoms. The molecule has 0 radical (unpaired) electrons. The van der Waals surface area contributed by atoms with E-state index in [1.807, 2.05) is 0 Å². The minimum atomic E-state index is -0.193. The molecule has 3 nitrogen and oxygen atoms in total. The Kier molecular flexibility index (Phi) is 6.23. The van der Waals surface area contributed by atoms with Gasteiger partial charge in [-0.3, -0.25) is 4.90 Å². The van der Waals surface area contributed by atoms with Crippen LogP contribution >= 0.6 is 11.6 Å². The van der Waals surface area contributed by atoms with Crippen molar-refractivity contribution in [2.75, 3.05) is 32.8 Å². The Balaban J connectivity index is 1.98. The Labute approximate surface area is 125 Å². The molecule has 1 aromatic carbocycles. The Bertz CT molecular complexity index is 430. The lowest BCUT2D eigenvalue weighted by molar-refractivity contribution is -0.0112. The summed E-state index contributed by atoms with van der Waals surface area (Å²) in [7, 11) is 0. The fraction of sp³-hybridized carbons (Fsp3) is 0.600. The van der Waals surface area contributed by atoms with Gasteiger partial charge in [0.15, 0.2) is 0 Å². The van der Waals surface area contributed by atoms with Crippen LogP contribution in [-0.2, 0) is 11.3 Å². The molecule has 1 atom stereocenters. The van der Waals surface area contributed by atoms with Gasteiger partial charge in [-0.15, -0.1) is 0 Å². The van der Waals surface area contributed by atoms with Crippen LogP contribution in [0.2, 0.25) is 5.02 Å². The minimum Gasteiger partial charge on any atom is -0.378 e. The summed E-state index contributed by atoms with van der Waals surface area (Å²) in [6, 6.07) is 5.01. The highest BCUT2D eigenvalue weighted by Crippen LogP contribution is 2.19. The summed E-state index contributed by atoms with van der Waals surface area (Å²) >= 11 is 5.95. The highest BCUT2D eigenvalue weighted by atomic mass is 35.5. The molecule has 2 rings (SSSR count). The number of ether oxygens (including phenoxy) is 1. The number of morpholine rings is 1. The predicted molar refractivity (Wildman–Crippen MR) is 79.6 cm³/mol. The van der Waals surface area contributed by atoms with E-state index in [0.717, 1.165) is 26.1 Å². The minimum absolute atomic E-state index is 0.193. The topological polar surface area (TPSA) is 24.5 Å². The van der Waals surface area contributed by atoms with Crippen LogP contribution in [0.25, 0.3) is 0 Å². The fourth-order valence-electron chi connectivity index (χ4n) is 2.41. The number of nitrogens with zero attached hydrogens (tertiary/aromatic N) is 1. The second-order valence-electron chi connectivity index (χ2n) is 5.14. The number of rotatable bonds is 6. The molecule has 1 saturated heterocycles. The fourth-order valence-corrected chi connectivity index (χ4v) is 2.61. The highest BCUT2D eigenvalue weighted by molar-refractivity contribution is 6.30. The van der Waals surface area contributed by atoms with Crippen molar-refractivity contribution in [3.8, 4) is 0 Å². The van der Waals surface area contributed by atoms with Gasteiger partial charge in [0.05, 0.1) is 13.2 Å². The van der Waals surface area contributed by atoms with Crippen LogP contribution in [0.1, 0.15) is 18.9 Å². The SMILES string of the molecule is CCCNCC1COCCN1Cc1cc(Cl)ccc1F. The van der Waals surface area contributed by atoms with Crippen LogP contribution in [-0.4, -0.2) is 43.8 Å². The third kappa shape index (κ3) is 4.42. The summed E-state index contributed by atoms with van der Waals surface area (Å²) in [4.78, 5) is 2.26. The van der Waals surface area contributed by atoms with Crippen LogP contribution in [0.3, 0.4) is 0 Å². The van der Waals surface area contributed by atoms with Crippen molar-refractivity contribution in [1.29, 1.82) is 0 Å². The Morgan fingerprint density at radius 2 is 2.35 bits per heavy atom. The monoisotopic (exact) mass is 300 g/mol. The first-order valence-electron chi connectivity index (χ1n) is 7.17. The summed E-state index contributed by atoms with van der Waals surface area (Å²) in [5.74, 6) is -0.193. The van der Waals surface area contributed by atoms with Gasteiger partial charge in [-0.1, -0.05) is 18.5 Å². The molecule has 0 saturated carbocycles. The quantitative estimate of drug-likeness (QED) is 0.818. The summed E-state index contributed by atoms with van der Waals surface area (Å²) in [5.41, 5.74) is 0.653. The van der Waals surface area contributed by atoms with E-state index in [-0.39, 0.29) is 11.9 Å². The lowest BCUT2D eigenvalue weighted by Gasteiger charge is -2.35. The van der Waals surface area contributed by atoms with E-state index in [1.165, 1.54) is 6.07 Å². The van der Waals surface area contributed by atoms with Gasteiger partial charge in [0, 0.05) is 36.3 Å². The van der Waals surface area contributed by atoms with Crippen LogP contribution < -0.4 is 5.32 Å². The number of halogens is 2. The van der Waals surface area contributed by atoms with Crippen molar-refractivity contribution < 1.29 is 9.13 Å². The van der Waals surface area contributed by atoms with Gasteiger partial charge in [0.25, 0.3) is 0 Å². The van der Waals surface area contributed by atoms with Crippen LogP contribution in [0.5, 0.6) is 0 Å². The lowest BCUT2D eigenvalue weighted by Crippen LogP contribution is -2.50. The van der Waals surface area contributed by atoms with Crippen molar-refractivity contribution in [1.82, 2.24) is 10.2 Å². The standard InChI is InChI=1S/C15H22ClFN2O/c1-2-5-18-9-14-11-20-7-6-19(14)10-12-8-13(16)3-4-15(12)17/h3-4,8,14,18H,2,5-7,9-11H2,1H3. The molecule has 0 spiro atoms. The van der Waals surface area contributed by atoms with Gasteiger partial charge in [-0.25, -0.2) is 4.39 Å². The van der Waals surface area contributed by atoms with Gasteiger partial charge in [0.1, 0.15) is 5.82 Å². The van der Waals surface area contributed by atoms with E-state index in [4.69, 9.17) is 16.3 Å². The van der Waals surface area contributed by atoms with Gasteiger partial charge < -0.3 is 10.1 Å². The predicted octanol–water partition coefficient (Wildman–Crippen LogP) is 2.68. The van der Waals surface area contributed by atoms with E-state index in [9.17, 15) is 4.39 Å². The van der Waals surface area contributed by atoms with Crippen molar-refractivity contribution >= 4 is 11.6 Å². The first-order chi connectivity index (χ1) is 9.70. The number of benzene rings is 1. The van der Waals surface area contributed by atoms with Crippen molar-refractivity contribution in [2.24, 2.45) is 0 Å². The third-order valence-corrected chi connectivity index (χ3v) is 3.77. The maximum absolute atomic E-state index is 13.8. The molecule has 112 valence electrons. The summed E-state index contributed by atoms with van der Waals surface area (Å²) in [5, 5.41) is 3.98.